The van der Waals surface area contributed by atoms with E-state index < -0.39 is 0 Å². The van der Waals surface area contributed by atoms with E-state index in [9.17, 15) is 0 Å². The number of nitrogens with one attached hydrogen (secondary N) is 1. The molecule has 0 aliphatic carbocycles. The highest BCUT2D eigenvalue weighted by Gasteiger charge is 2.24. The first-order valence-corrected chi connectivity index (χ1v) is 10.7. The van der Waals surface area contributed by atoms with Crippen LogP contribution in [0.2, 0.25) is 0 Å². The second-order valence-corrected chi connectivity index (χ2v) is 8.36. The van der Waals surface area contributed by atoms with E-state index in [1.165, 1.54) is 42.6 Å². The smallest absolute Gasteiger partial charge is 0.173 e. The van der Waals surface area contributed by atoms with Crippen molar-refractivity contribution in [1.29, 1.82) is 0 Å². The first kappa shape index (κ1) is 21.2. The SMILES string of the molecule is CCc1cccc(CC)c1NC(=S)N1CCC(N(C)CCC(C)C)CC1. The Kier molecular flexibility index (Phi) is 8.36. The van der Waals surface area contributed by atoms with Crippen molar-refractivity contribution in [2.45, 2.75) is 65.8 Å². The van der Waals surface area contributed by atoms with Crippen LogP contribution in [0.5, 0.6) is 0 Å². The fourth-order valence-electron chi connectivity index (χ4n) is 3.74. The van der Waals surface area contributed by atoms with E-state index in [4.69, 9.17) is 12.2 Å². The van der Waals surface area contributed by atoms with Crippen molar-refractivity contribution in [3.8, 4) is 0 Å². The summed E-state index contributed by atoms with van der Waals surface area (Å²) < 4.78 is 0. The highest BCUT2D eigenvalue weighted by molar-refractivity contribution is 7.80. The summed E-state index contributed by atoms with van der Waals surface area (Å²) in [7, 11) is 2.28. The molecular weight excluding hydrogens is 338 g/mol. The number of rotatable bonds is 7. The quantitative estimate of drug-likeness (QED) is 0.679. The van der Waals surface area contributed by atoms with Crippen molar-refractivity contribution in [2.24, 2.45) is 5.92 Å². The molecular formula is C22H37N3S. The number of hydrogen-bond donors (Lipinski definition) is 1. The minimum absolute atomic E-state index is 0.696. The average Bonchev–Trinajstić information content (AvgIpc) is 2.66. The van der Waals surface area contributed by atoms with Gasteiger partial charge in [-0.2, -0.15) is 0 Å². The Labute approximate surface area is 166 Å². The van der Waals surface area contributed by atoms with Crippen molar-refractivity contribution in [1.82, 2.24) is 9.80 Å². The van der Waals surface area contributed by atoms with E-state index in [1.54, 1.807) is 0 Å². The molecule has 1 N–H and O–H groups in total. The number of benzene rings is 1. The number of aryl methyl sites for hydroxylation is 2. The molecule has 0 radical (unpaired) electrons. The van der Waals surface area contributed by atoms with E-state index >= 15 is 0 Å². The molecule has 0 amide bonds. The second-order valence-electron chi connectivity index (χ2n) is 7.97. The van der Waals surface area contributed by atoms with Crippen molar-refractivity contribution in [3.05, 3.63) is 29.3 Å². The molecule has 1 fully saturated rings. The largest absolute Gasteiger partial charge is 0.349 e. The van der Waals surface area contributed by atoms with Crippen LogP contribution < -0.4 is 5.32 Å². The second kappa shape index (κ2) is 10.3. The van der Waals surface area contributed by atoms with Gasteiger partial charge in [0, 0.05) is 24.8 Å². The summed E-state index contributed by atoms with van der Waals surface area (Å²) in [6.07, 6.45) is 5.74. The maximum Gasteiger partial charge on any atom is 0.173 e. The van der Waals surface area contributed by atoms with Gasteiger partial charge in [0.2, 0.25) is 0 Å². The summed E-state index contributed by atoms with van der Waals surface area (Å²) in [6.45, 7) is 12.3. The number of thiocarbonyl (C=S) groups is 1. The minimum Gasteiger partial charge on any atom is -0.349 e. The normalized spacial score (nSPS) is 15.7. The molecule has 1 aromatic carbocycles. The Bertz CT molecular complexity index is 555. The lowest BCUT2D eigenvalue weighted by Crippen LogP contribution is -2.47. The van der Waals surface area contributed by atoms with Gasteiger partial charge in [0.05, 0.1) is 0 Å². The molecule has 0 aromatic heterocycles. The first-order valence-electron chi connectivity index (χ1n) is 10.3. The number of para-hydroxylation sites is 1. The van der Waals surface area contributed by atoms with Gasteiger partial charge in [0.15, 0.2) is 5.11 Å². The molecule has 2 rings (SSSR count). The molecule has 26 heavy (non-hydrogen) atoms. The van der Waals surface area contributed by atoms with Gasteiger partial charge in [-0.3, -0.25) is 0 Å². The fourth-order valence-corrected chi connectivity index (χ4v) is 4.03. The van der Waals surface area contributed by atoms with Crippen LogP contribution >= 0.6 is 12.2 Å². The van der Waals surface area contributed by atoms with Gasteiger partial charge in [-0.25, -0.2) is 0 Å². The number of likely N-dealkylation sites (tertiary alicyclic amines) is 1. The van der Waals surface area contributed by atoms with Crippen LogP contribution in [-0.2, 0) is 12.8 Å². The number of hydrogen-bond acceptors (Lipinski definition) is 2. The molecule has 146 valence electrons. The molecule has 4 heteroatoms. The van der Waals surface area contributed by atoms with Crippen molar-refractivity contribution in [3.63, 3.8) is 0 Å². The highest BCUT2D eigenvalue weighted by Crippen LogP contribution is 2.24. The van der Waals surface area contributed by atoms with Crippen LogP contribution in [-0.4, -0.2) is 47.6 Å². The maximum atomic E-state index is 5.76. The Morgan fingerprint density at radius 2 is 1.77 bits per heavy atom. The topological polar surface area (TPSA) is 18.5 Å². The average molecular weight is 376 g/mol. The molecule has 3 nitrogen and oxygen atoms in total. The summed E-state index contributed by atoms with van der Waals surface area (Å²) in [4.78, 5) is 4.91. The number of piperidine rings is 1. The molecule has 1 aliphatic heterocycles. The monoisotopic (exact) mass is 375 g/mol. The highest BCUT2D eigenvalue weighted by atomic mass is 32.1. The summed E-state index contributed by atoms with van der Waals surface area (Å²) in [6, 6.07) is 7.27. The van der Waals surface area contributed by atoms with E-state index in [2.05, 4.69) is 68.1 Å². The van der Waals surface area contributed by atoms with E-state index in [0.29, 0.717) is 6.04 Å². The van der Waals surface area contributed by atoms with E-state index in [0.717, 1.165) is 37.0 Å². The lowest BCUT2D eigenvalue weighted by Gasteiger charge is -2.38. The zero-order chi connectivity index (χ0) is 19.1. The summed E-state index contributed by atoms with van der Waals surface area (Å²) in [5.41, 5.74) is 3.95. The molecule has 0 bridgehead atoms. The zero-order valence-corrected chi connectivity index (χ0v) is 18.2. The molecule has 0 atom stereocenters. The van der Waals surface area contributed by atoms with Gasteiger partial charge in [0.1, 0.15) is 0 Å². The van der Waals surface area contributed by atoms with Gasteiger partial charge < -0.3 is 15.1 Å². The minimum atomic E-state index is 0.696. The van der Waals surface area contributed by atoms with E-state index in [1.807, 2.05) is 0 Å². The third kappa shape index (κ3) is 5.68. The lowest BCUT2D eigenvalue weighted by molar-refractivity contribution is 0.159. The van der Waals surface area contributed by atoms with Crippen molar-refractivity contribution < 1.29 is 0 Å². The van der Waals surface area contributed by atoms with Crippen LogP contribution in [0.1, 0.15) is 58.1 Å². The maximum absolute atomic E-state index is 5.76. The van der Waals surface area contributed by atoms with Gasteiger partial charge in [-0.1, -0.05) is 45.9 Å². The van der Waals surface area contributed by atoms with Crippen LogP contribution in [0.25, 0.3) is 0 Å². The predicted molar refractivity (Wildman–Crippen MR) is 118 cm³/mol. The molecule has 0 spiro atoms. The molecule has 1 aliphatic rings. The Balaban J connectivity index is 1.91. The summed E-state index contributed by atoms with van der Waals surface area (Å²) in [5, 5.41) is 4.47. The Morgan fingerprint density at radius 1 is 1.19 bits per heavy atom. The number of anilines is 1. The van der Waals surface area contributed by atoms with Gasteiger partial charge in [-0.15, -0.1) is 0 Å². The molecule has 1 aromatic rings. The van der Waals surface area contributed by atoms with Crippen LogP contribution in [0.15, 0.2) is 18.2 Å². The van der Waals surface area contributed by atoms with Crippen molar-refractivity contribution >= 4 is 23.0 Å². The molecule has 1 saturated heterocycles. The Hall–Kier alpha value is -1.13. The summed E-state index contributed by atoms with van der Waals surface area (Å²) in [5.74, 6) is 0.778. The van der Waals surface area contributed by atoms with E-state index in [-0.39, 0.29) is 0 Å². The van der Waals surface area contributed by atoms with Crippen molar-refractivity contribution in [2.75, 3.05) is 32.0 Å². The zero-order valence-electron chi connectivity index (χ0n) is 17.3. The molecule has 0 saturated carbocycles. The molecule has 0 unspecified atom stereocenters. The number of nitrogens with zero attached hydrogens (tertiary/aromatic N) is 2. The lowest BCUT2D eigenvalue weighted by atomic mass is 10.0. The van der Waals surface area contributed by atoms with Gasteiger partial charge in [0.25, 0.3) is 0 Å². The standard InChI is InChI=1S/C22H37N3S/c1-6-18-9-8-10-19(7-2)21(18)23-22(26)25-15-12-20(13-16-25)24(5)14-11-17(3)4/h8-10,17,20H,6-7,11-16H2,1-5H3,(H,23,26). The third-order valence-corrected chi connectivity index (χ3v) is 6.03. The Morgan fingerprint density at radius 3 is 2.27 bits per heavy atom. The van der Waals surface area contributed by atoms with Gasteiger partial charge >= 0.3 is 0 Å². The predicted octanol–water partition coefficient (Wildman–Crippen LogP) is 4.95. The van der Waals surface area contributed by atoms with Crippen LogP contribution in [0.4, 0.5) is 5.69 Å². The summed E-state index contributed by atoms with van der Waals surface area (Å²) >= 11 is 5.76. The first-order chi connectivity index (χ1) is 12.5. The molecule has 1 heterocycles. The van der Waals surface area contributed by atoms with Crippen LogP contribution in [0.3, 0.4) is 0 Å². The third-order valence-electron chi connectivity index (χ3n) is 5.66. The van der Waals surface area contributed by atoms with Crippen LogP contribution in [0, 0.1) is 5.92 Å². The fraction of sp³-hybridized carbons (Fsp3) is 0.682. The van der Waals surface area contributed by atoms with Gasteiger partial charge in [-0.05, 0) is 75.0 Å².